The summed E-state index contributed by atoms with van der Waals surface area (Å²) in [6.45, 7) is 4.68. The number of hydrogen-bond acceptors (Lipinski definition) is 1. The molecule has 1 atom stereocenters. The molecular formula is C17H19F2N. The molecule has 0 aliphatic carbocycles. The number of halogens is 2. The summed E-state index contributed by atoms with van der Waals surface area (Å²) in [6.07, 6.45) is 0.505. The molecule has 0 radical (unpaired) electrons. The van der Waals surface area contributed by atoms with Gasteiger partial charge in [0.1, 0.15) is 11.6 Å². The van der Waals surface area contributed by atoms with Crippen molar-refractivity contribution < 1.29 is 8.78 Å². The molecule has 0 aliphatic heterocycles. The molecule has 0 aliphatic rings. The van der Waals surface area contributed by atoms with E-state index in [1.807, 2.05) is 19.9 Å². The Morgan fingerprint density at radius 1 is 1.10 bits per heavy atom. The lowest BCUT2D eigenvalue weighted by Gasteiger charge is -2.21. The van der Waals surface area contributed by atoms with Crippen LogP contribution >= 0.6 is 0 Å². The Hall–Kier alpha value is -1.74. The predicted octanol–water partition coefficient (Wildman–Crippen LogP) is 4.17. The lowest BCUT2D eigenvalue weighted by Crippen LogP contribution is -2.24. The summed E-state index contributed by atoms with van der Waals surface area (Å²) < 4.78 is 27.2. The molecule has 2 aromatic carbocycles. The highest BCUT2D eigenvalue weighted by Gasteiger charge is 2.16. The minimum absolute atomic E-state index is 0.0902. The van der Waals surface area contributed by atoms with E-state index >= 15 is 0 Å². The van der Waals surface area contributed by atoms with E-state index in [-0.39, 0.29) is 17.7 Å². The zero-order chi connectivity index (χ0) is 14.5. The molecule has 0 spiro atoms. The molecule has 1 nitrogen and oxygen atoms in total. The largest absolute Gasteiger partial charge is 0.310 e. The highest BCUT2D eigenvalue weighted by Crippen LogP contribution is 2.24. The fourth-order valence-electron chi connectivity index (χ4n) is 2.41. The molecule has 0 fully saturated rings. The van der Waals surface area contributed by atoms with Crippen molar-refractivity contribution in [3.63, 3.8) is 0 Å². The molecule has 3 heteroatoms. The van der Waals surface area contributed by atoms with E-state index in [0.29, 0.717) is 12.0 Å². The van der Waals surface area contributed by atoms with Crippen LogP contribution in [0.15, 0.2) is 42.5 Å². The summed E-state index contributed by atoms with van der Waals surface area (Å²) in [4.78, 5) is 0. The lowest BCUT2D eigenvalue weighted by molar-refractivity contribution is 0.521. The number of likely N-dealkylation sites (N-methyl/N-ethyl adjacent to an activating group) is 1. The van der Waals surface area contributed by atoms with Crippen LogP contribution in [0, 0.1) is 18.6 Å². The van der Waals surface area contributed by atoms with Gasteiger partial charge in [-0.3, -0.25) is 0 Å². The van der Waals surface area contributed by atoms with E-state index in [1.54, 1.807) is 18.2 Å². The smallest absolute Gasteiger partial charge is 0.126 e. The molecule has 0 saturated carbocycles. The van der Waals surface area contributed by atoms with Crippen LogP contribution in [-0.4, -0.2) is 6.54 Å². The van der Waals surface area contributed by atoms with Crippen LogP contribution in [-0.2, 0) is 6.42 Å². The number of hydrogen-bond donors (Lipinski definition) is 1. The quantitative estimate of drug-likeness (QED) is 0.863. The highest BCUT2D eigenvalue weighted by atomic mass is 19.1. The Morgan fingerprint density at radius 3 is 2.55 bits per heavy atom. The van der Waals surface area contributed by atoms with Gasteiger partial charge >= 0.3 is 0 Å². The van der Waals surface area contributed by atoms with Crippen LogP contribution in [0.4, 0.5) is 8.78 Å². The van der Waals surface area contributed by atoms with Gasteiger partial charge in [-0.25, -0.2) is 8.78 Å². The van der Waals surface area contributed by atoms with Crippen LogP contribution in [0.1, 0.15) is 29.7 Å². The fourth-order valence-corrected chi connectivity index (χ4v) is 2.41. The van der Waals surface area contributed by atoms with Gasteiger partial charge in [0.25, 0.3) is 0 Å². The van der Waals surface area contributed by atoms with Crippen LogP contribution in [0.3, 0.4) is 0 Å². The van der Waals surface area contributed by atoms with Gasteiger partial charge in [-0.05, 0) is 54.8 Å². The monoisotopic (exact) mass is 275 g/mol. The van der Waals surface area contributed by atoms with Gasteiger partial charge in [-0.1, -0.05) is 31.2 Å². The SMILES string of the molecule is CCNC(Cc1ccccc1F)c1cc(F)ccc1C. The Morgan fingerprint density at radius 2 is 1.85 bits per heavy atom. The topological polar surface area (TPSA) is 12.0 Å². The summed E-state index contributed by atoms with van der Waals surface area (Å²) in [7, 11) is 0. The van der Waals surface area contributed by atoms with Gasteiger partial charge in [-0.15, -0.1) is 0 Å². The van der Waals surface area contributed by atoms with Crippen molar-refractivity contribution in [2.75, 3.05) is 6.54 Å². The molecule has 0 aromatic heterocycles. The van der Waals surface area contributed by atoms with Gasteiger partial charge in [0, 0.05) is 6.04 Å². The van der Waals surface area contributed by atoms with Crippen molar-refractivity contribution in [2.24, 2.45) is 0 Å². The maximum atomic E-state index is 13.8. The van der Waals surface area contributed by atoms with Gasteiger partial charge in [-0.2, -0.15) is 0 Å². The van der Waals surface area contributed by atoms with Crippen molar-refractivity contribution in [3.8, 4) is 0 Å². The van der Waals surface area contributed by atoms with Gasteiger partial charge in [0.15, 0.2) is 0 Å². The molecular weight excluding hydrogens is 256 g/mol. The Balaban J connectivity index is 2.32. The van der Waals surface area contributed by atoms with Crippen molar-refractivity contribution in [1.82, 2.24) is 5.32 Å². The number of aryl methyl sites for hydroxylation is 1. The standard InChI is InChI=1S/C17H19F2N/c1-3-20-17(10-13-6-4-5-7-16(13)19)15-11-14(18)9-8-12(15)2/h4-9,11,17,20H,3,10H2,1-2H3. The molecule has 2 aromatic rings. The van der Waals surface area contributed by atoms with Gasteiger partial charge < -0.3 is 5.32 Å². The van der Waals surface area contributed by atoms with E-state index < -0.39 is 0 Å². The Kier molecular flexibility index (Phi) is 4.85. The summed E-state index contributed by atoms with van der Waals surface area (Å²) in [6, 6.07) is 11.4. The summed E-state index contributed by atoms with van der Waals surface area (Å²) in [5, 5.41) is 3.31. The van der Waals surface area contributed by atoms with E-state index in [4.69, 9.17) is 0 Å². The number of benzene rings is 2. The van der Waals surface area contributed by atoms with Crippen molar-refractivity contribution in [2.45, 2.75) is 26.3 Å². The first kappa shape index (κ1) is 14.7. The molecule has 2 rings (SSSR count). The van der Waals surface area contributed by atoms with E-state index in [2.05, 4.69) is 5.32 Å². The minimum atomic E-state index is -0.262. The molecule has 0 amide bonds. The fraction of sp³-hybridized carbons (Fsp3) is 0.294. The first-order valence-electron chi connectivity index (χ1n) is 6.84. The van der Waals surface area contributed by atoms with Crippen LogP contribution in [0.2, 0.25) is 0 Å². The van der Waals surface area contributed by atoms with Crippen molar-refractivity contribution in [3.05, 3.63) is 70.8 Å². The molecule has 0 bridgehead atoms. The highest BCUT2D eigenvalue weighted by molar-refractivity contribution is 5.31. The predicted molar refractivity (Wildman–Crippen MR) is 77.7 cm³/mol. The average molecular weight is 275 g/mol. The third-order valence-electron chi connectivity index (χ3n) is 3.45. The van der Waals surface area contributed by atoms with E-state index in [0.717, 1.165) is 17.7 Å². The summed E-state index contributed by atoms with van der Waals surface area (Å²) >= 11 is 0. The summed E-state index contributed by atoms with van der Waals surface area (Å²) in [5.74, 6) is -0.480. The van der Waals surface area contributed by atoms with E-state index in [1.165, 1.54) is 18.2 Å². The third-order valence-corrected chi connectivity index (χ3v) is 3.45. The summed E-state index contributed by atoms with van der Waals surface area (Å²) in [5.41, 5.74) is 2.53. The molecule has 20 heavy (non-hydrogen) atoms. The first-order valence-corrected chi connectivity index (χ1v) is 6.84. The Bertz CT molecular complexity index is 581. The molecule has 1 N–H and O–H groups in total. The normalized spacial score (nSPS) is 12.4. The maximum Gasteiger partial charge on any atom is 0.126 e. The number of rotatable bonds is 5. The van der Waals surface area contributed by atoms with E-state index in [9.17, 15) is 8.78 Å². The Labute approximate surface area is 118 Å². The second kappa shape index (κ2) is 6.62. The second-order valence-corrected chi connectivity index (χ2v) is 4.91. The molecule has 1 unspecified atom stereocenters. The molecule has 106 valence electrons. The van der Waals surface area contributed by atoms with Crippen LogP contribution < -0.4 is 5.32 Å². The van der Waals surface area contributed by atoms with Gasteiger partial charge in [0.2, 0.25) is 0 Å². The minimum Gasteiger partial charge on any atom is -0.310 e. The molecule has 0 heterocycles. The zero-order valence-corrected chi connectivity index (χ0v) is 11.8. The average Bonchev–Trinajstić information content (AvgIpc) is 2.43. The first-order chi connectivity index (χ1) is 9.61. The van der Waals surface area contributed by atoms with Gasteiger partial charge in [0.05, 0.1) is 0 Å². The van der Waals surface area contributed by atoms with Crippen molar-refractivity contribution in [1.29, 1.82) is 0 Å². The number of nitrogens with one attached hydrogen (secondary N) is 1. The van der Waals surface area contributed by atoms with Crippen LogP contribution in [0.25, 0.3) is 0 Å². The second-order valence-electron chi connectivity index (χ2n) is 4.91. The zero-order valence-electron chi connectivity index (χ0n) is 11.8. The molecule has 0 saturated heterocycles. The van der Waals surface area contributed by atoms with Crippen LogP contribution in [0.5, 0.6) is 0 Å². The maximum absolute atomic E-state index is 13.8. The lowest BCUT2D eigenvalue weighted by atomic mass is 9.95. The van der Waals surface area contributed by atoms with Crippen molar-refractivity contribution >= 4 is 0 Å². The third kappa shape index (κ3) is 3.42.